The summed E-state index contributed by atoms with van der Waals surface area (Å²) in [5.74, 6) is -6.92. The summed E-state index contributed by atoms with van der Waals surface area (Å²) in [5, 5.41) is 32.9. The number of hydrogen-bond donors (Lipinski definition) is 1. The molecule has 0 heterocycles. The minimum Gasteiger partial charge on any atom is -0.545 e. The summed E-state index contributed by atoms with van der Waals surface area (Å²) in [5.41, 5.74) is -1.87. The lowest BCUT2D eigenvalue weighted by molar-refractivity contribution is -0.257. The molecule has 1 rings (SSSR count). The Morgan fingerprint density at radius 2 is 1.68 bits per heavy atom. The molecule has 0 aliphatic heterocycles. The Balaban J connectivity index is 3.60. The van der Waals surface area contributed by atoms with Gasteiger partial charge in [0.25, 0.3) is 0 Å². The molecule has 0 aliphatic carbocycles. The number of esters is 1. The van der Waals surface area contributed by atoms with Crippen LogP contribution in [0.1, 0.15) is 46.5 Å². The molecule has 0 amide bonds. The van der Waals surface area contributed by atoms with E-state index in [1.54, 1.807) is 0 Å². The van der Waals surface area contributed by atoms with Gasteiger partial charge < -0.3 is 29.6 Å². The first-order valence-corrected chi connectivity index (χ1v) is 6.31. The molecular weight excluding hydrogens is 292 g/mol. The number of carboxylic acid groups (broad SMARTS) is 2. The number of aromatic carboxylic acids is 2. The number of ether oxygens (including phenoxy) is 1. The van der Waals surface area contributed by atoms with Gasteiger partial charge in [-0.3, -0.25) is 0 Å². The predicted molar refractivity (Wildman–Crippen MR) is 70.2 cm³/mol. The lowest BCUT2D eigenvalue weighted by Crippen LogP contribution is -2.39. The molecule has 1 aromatic rings. The van der Waals surface area contributed by atoms with Crippen LogP contribution in [-0.4, -0.2) is 23.0 Å². The van der Waals surface area contributed by atoms with Crippen LogP contribution >= 0.6 is 0 Å². The Labute approximate surface area is 126 Å². The number of benzene rings is 1. The van der Waals surface area contributed by atoms with Crippen LogP contribution in [0.2, 0.25) is 0 Å². The number of carboxylic acids is 2. The van der Waals surface area contributed by atoms with Crippen LogP contribution < -0.4 is 10.2 Å². The second-order valence-corrected chi connectivity index (χ2v) is 4.61. The van der Waals surface area contributed by atoms with E-state index in [0.29, 0.717) is 0 Å². The van der Waals surface area contributed by atoms with Crippen LogP contribution in [0.25, 0.3) is 0 Å². The van der Waals surface area contributed by atoms with E-state index in [1.807, 2.05) is 0 Å². The molecule has 0 spiro atoms. The van der Waals surface area contributed by atoms with Crippen molar-refractivity contribution >= 4 is 17.9 Å². The zero-order valence-corrected chi connectivity index (χ0v) is 12.0. The zero-order chi connectivity index (χ0) is 17.1. The maximum Gasteiger partial charge on any atom is 0.335 e. The molecule has 0 aliphatic rings. The Kier molecular flexibility index (Phi) is 5.06. The average Bonchev–Trinajstić information content (AvgIpc) is 2.45. The minimum atomic E-state index is -2.47. The number of carbonyl (C=O) groups is 3. The van der Waals surface area contributed by atoms with Crippen molar-refractivity contribution in [3.05, 3.63) is 47.0 Å². The van der Waals surface area contributed by atoms with Crippen molar-refractivity contribution in [2.24, 2.45) is 0 Å². The molecule has 0 radical (unpaired) electrons. The van der Waals surface area contributed by atoms with E-state index < -0.39 is 40.4 Å². The molecule has 7 heteroatoms. The van der Waals surface area contributed by atoms with Gasteiger partial charge in [0.15, 0.2) is 0 Å². The van der Waals surface area contributed by atoms with Gasteiger partial charge >= 0.3 is 5.97 Å². The van der Waals surface area contributed by atoms with E-state index in [2.05, 4.69) is 6.58 Å². The molecule has 0 fully saturated rings. The Morgan fingerprint density at radius 3 is 2.00 bits per heavy atom. The number of rotatable bonds is 6. The number of aliphatic hydroxyl groups is 1. The third-order valence-electron chi connectivity index (χ3n) is 2.98. The van der Waals surface area contributed by atoms with E-state index in [9.17, 15) is 29.7 Å². The fourth-order valence-electron chi connectivity index (χ4n) is 1.85. The van der Waals surface area contributed by atoms with Crippen LogP contribution in [0.15, 0.2) is 30.4 Å². The molecule has 1 N–H and O–H groups in total. The van der Waals surface area contributed by atoms with E-state index in [4.69, 9.17) is 4.74 Å². The van der Waals surface area contributed by atoms with Crippen molar-refractivity contribution in [1.29, 1.82) is 0 Å². The van der Waals surface area contributed by atoms with Crippen molar-refractivity contribution in [2.45, 2.75) is 26.1 Å². The summed E-state index contributed by atoms with van der Waals surface area (Å²) < 4.78 is 4.85. The molecular formula is C15H14O7-2. The van der Waals surface area contributed by atoms with Gasteiger partial charge in [-0.05, 0) is 6.92 Å². The van der Waals surface area contributed by atoms with Crippen LogP contribution in [0.4, 0.5) is 0 Å². The summed E-state index contributed by atoms with van der Waals surface area (Å²) in [6.45, 7) is 6.05. The molecule has 0 saturated carbocycles. The summed E-state index contributed by atoms with van der Waals surface area (Å²) in [7, 11) is 0. The van der Waals surface area contributed by atoms with Crippen molar-refractivity contribution < 1.29 is 34.4 Å². The van der Waals surface area contributed by atoms with Gasteiger partial charge in [0.05, 0.1) is 11.9 Å². The summed E-state index contributed by atoms with van der Waals surface area (Å²) >= 11 is 0. The molecule has 0 saturated heterocycles. The highest BCUT2D eigenvalue weighted by molar-refractivity contribution is 5.96. The van der Waals surface area contributed by atoms with Gasteiger partial charge in [-0.1, -0.05) is 31.7 Å². The topological polar surface area (TPSA) is 127 Å². The molecule has 1 unspecified atom stereocenters. The van der Waals surface area contributed by atoms with Crippen molar-refractivity contribution in [1.82, 2.24) is 0 Å². The van der Waals surface area contributed by atoms with E-state index >= 15 is 0 Å². The molecule has 1 aromatic carbocycles. The van der Waals surface area contributed by atoms with Gasteiger partial charge in [0.2, 0.25) is 5.79 Å². The highest BCUT2D eigenvalue weighted by atomic mass is 16.7. The zero-order valence-electron chi connectivity index (χ0n) is 12.0. The van der Waals surface area contributed by atoms with Gasteiger partial charge in [0.1, 0.15) is 0 Å². The Hall–Kier alpha value is -2.67. The number of hydrogen-bond acceptors (Lipinski definition) is 7. The lowest BCUT2D eigenvalue weighted by atomic mass is 9.91. The maximum absolute atomic E-state index is 11.6. The molecule has 1 atom stereocenters. The van der Waals surface area contributed by atoms with Crippen molar-refractivity contribution in [3.8, 4) is 0 Å². The van der Waals surface area contributed by atoms with E-state index in [-0.39, 0.29) is 12.0 Å². The van der Waals surface area contributed by atoms with Gasteiger partial charge in [-0.2, -0.15) is 0 Å². The predicted octanol–water partition coefficient (Wildman–Crippen LogP) is -0.912. The van der Waals surface area contributed by atoms with Gasteiger partial charge in [0, 0.05) is 28.7 Å². The summed E-state index contributed by atoms with van der Waals surface area (Å²) in [6.07, 6.45) is -0.295. The smallest absolute Gasteiger partial charge is 0.335 e. The highest BCUT2D eigenvalue weighted by Gasteiger charge is 2.37. The highest BCUT2D eigenvalue weighted by Crippen LogP contribution is 2.33. The van der Waals surface area contributed by atoms with E-state index in [1.165, 1.54) is 13.8 Å². The monoisotopic (exact) mass is 306 g/mol. The molecule has 0 bridgehead atoms. The molecule has 7 nitrogen and oxygen atoms in total. The first kappa shape index (κ1) is 17.4. The second kappa shape index (κ2) is 6.40. The number of carbonyl (C=O) groups excluding carboxylic acids is 3. The van der Waals surface area contributed by atoms with Crippen LogP contribution in [0.5, 0.6) is 0 Å². The normalized spacial score (nSPS) is 13.0. The van der Waals surface area contributed by atoms with Crippen LogP contribution in [-0.2, 0) is 15.3 Å². The fourth-order valence-corrected chi connectivity index (χ4v) is 1.85. The fraction of sp³-hybridized carbons (Fsp3) is 0.267. The first-order valence-electron chi connectivity index (χ1n) is 6.31. The van der Waals surface area contributed by atoms with E-state index in [0.717, 1.165) is 18.2 Å². The van der Waals surface area contributed by atoms with Gasteiger partial charge in [-0.15, -0.1) is 0 Å². The lowest BCUT2D eigenvalue weighted by Gasteiger charge is -2.31. The summed E-state index contributed by atoms with van der Waals surface area (Å²) in [4.78, 5) is 34.0. The first-order chi connectivity index (χ1) is 10.1. The Morgan fingerprint density at radius 1 is 1.23 bits per heavy atom. The maximum atomic E-state index is 11.6. The van der Waals surface area contributed by atoms with Crippen molar-refractivity contribution in [2.75, 3.05) is 0 Å². The summed E-state index contributed by atoms with van der Waals surface area (Å²) in [6, 6.07) is 3.22. The average molecular weight is 306 g/mol. The van der Waals surface area contributed by atoms with Gasteiger partial charge in [-0.25, -0.2) is 4.79 Å². The van der Waals surface area contributed by atoms with Crippen LogP contribution in [0.3, 0.4) is 0 Å². The van der Waals surface area contributed by atoms with Crippen LogP contribution in [0, 0.1) is 0 Å². The van der Waals surface area contributed by atoms with Crippen molar-refractivity contribution in [3.63, 3.8) is 0 Å². The largest absolute Gasteiger partial charge is 0.545 e. The SMILES string of the molecule is C=C(C)C(=O)OC(O)(CC)c1c(C(=O)[O-])cccc1C(=O)[O-]. The molecule has 118 valence electrons. The third kappa shape index (κ3) is 3.32. The molecule has 22 heavy (non-hydrogen) atoms. The molecule has 0 aromatic heterocycles. The minimum absolute atomic E-state index is 0.0483. The third-order valence-corrected chi connectivity index (χ3v) is 2.98. The quantitative estimate of drug-likeness (QED) is 0.409. The second-order valence-electron chi connectivity index (χ2n) is 4.61. The Bertz CT molecular complexity index is 615. The standard InChI is InChI=1S/C15H16O7/c1-4-15(21,22-14(20)8(2)3)11-9(12(16)17)6-5-7-10(11)13(18)19/h5-7,21H,2,4H2,1,3H3,(H,16,17)(H,18,19)/p-2.